The van der Waals surface area contributed by atoms with E-state index in [1.165, 1.54) is 0 Å². The first-order chi connectivity index (χ1) is 13.8. The standard InChI is InChI=1S/C21H28N4O3/c1-27-18-5-7-19(8-6-18)28-17-12-22-11-9-21(26)25-15-13-24(14-16-25)20-4-2-3-10-23-20/h2-8,10,22H,9,11-17H2,1H3. The average molecular weight is 384 g/mol. The Balaban J connectivity index is 1.26. The van der Waals surface area contributed by atoms with Crippen LogP contribution in [-0.2, 0) is 4.79 Å². The number of rotatable bonds is 9. The number of nitrogens with one attached hydrogen (secondary N) is 1. The van der Waals surface area contributed by atoms with Crippen molar-refractivity contribution in [2.75, 3.05) is 57.9 Å². The summed E-state index contributed by atoms with van der Waals surface area (Å²) in [5.74, 6) is 2.80. The number of carbonyl (C=O) groups is 1. The second kappa shape index (κ2) is 10.5. The predicted molar refractivity (Wildman–Crippen MR) is 109 cm³/mol. The maximum atomic E-state index is 12.4. The van der Waals surface area contributed by atoms with E-state index >= 15 is 0 Å². The minimum absolute atomic E-state index is 0.198. The molecule has 1 N–H and O–H groups in total. The molecule has 0 atom stereocenters. The molecule has 1 aromatic carbocycles. The lowest BCUT2D eigenvalue weighted by Crippen LogP contribution is -2.49. The fourth-order valence-corrected chi connectivity index (χ4v) is 3.12. The molecule has 7 heteroatoms. The second-order valence-corrected chi connectivity index (χ2v) is 6.58. The Bertz CT molecular complexity index is 716. The average Bonchev–Trinajstić information content (AvgIpc) is 2.77. The molecule has 1 aliphatic heterocycles. The van der Waals surface area contributed by atoms with Gasteiger partial charge in [-0.3, -0.25) is 4.79 Å². The molecule has 2 aromatic rings. The summed E-state index contributed by atoms with van der Waals surface area (Å²) in [6.45, 7) is 5.06. The van der Waals surface area contributed by atoms with Gasteiger partial charge in [0, 0.05) is 51.9 Å². The summed E-state index contributed by atoms with van der Waals surface area (Å²) in [6.07, 6.45) is 2.31. The molecule has 0 bridgehead atoms. The lowest BCUT2D eigenvalue weighted by atomic mass is 10.2. The third kappa shape index (κ3) is 5.85. The van der Waals surface area contributed by atoms with Gasteiger partial charge >= 0.3 is 0 Å². The van der Waals surface area contributed by atoms with Crippen LogP contribution in [0.5, 0.6) is 11.5 Å². The van der Waals surface area contributed by atoms with Gasteiger partial charge in [-0.1, -0.05) is 6.07 Å². The highest BCUT2D eigenvalue weighted by atomic mass is 16.5. The molecule has 0 spiro atoms. The molecule has 28 heavy (non-hydrogen) atoms. The Labute approximate surface area is 166 Å². The smallest absolute Gasteiger partial charge is 0.223 e. The van der Waals surface area contributed by atoms with Crippen molar-refractivity contribution >= 4 is 11.7 Å². The van der Waals surface area contributed by atoms with Crippen molar-refractivity contribution in [2.45, 2.75) is 6.42 Å². The monoisotopic (exact) mass is 384 g/mol. The van der Waals surface area contributed by atoms with Crippen LogP contribution in [0.2, 0.25) is 0 Å². The summed E-state index contributed by atoms with van der Waals surface area (Å²) in [4.78, 5) is 20.9. The molecule has 1 aliphatic rings. The van der Waals surface area contributed by atoms with Crippen molar-refractivity contribution in [2.24, 2.45) is 0 Å². The molecule has 0 radical (unpaired) electrons. The first-order valence-electron chi connectivity index (χ1n) is 9.67. The Morgan fingerprint density at radius 3 is 2.46 bits per heavy atom. The van der Waals surface area contributed by atoms with Crippen molar-refractivity contribution in [1.29, 1.82) is 0 Å². The summed E-state index contributed by atoms with van der Waals surface area (Å²) in [7, 11) is 1.64. The number of benzene rings is 1. The molecule has 1 fully saturated rings. The molecular weight excluding hydrogens is 356 g/mol. The summed E-state index contributed by atoms with van der Waals surface area (Å²) in [6, 6.07) is 13.4. The molecule has 1 saturated heterocycles. The van der Waals surface area contributed by atoms with E-state index in [0.29, 0.717) is 26.1 Å². The van der Waals surface area contributed by atoms with E-state index in [2.05, 4.69) is 15.2 Å². The van der Waals surface area contributed by atoms with Gasteiger partial charge in [0.15, 0.2) is 0 Å². The normalized spacial score (nSPS) is 14.0. The number of anilines is 1. The number of methoxy groups -OCH3 is 1. The molecule has 0 saturated carbocycles. The molecule has 2 heterocycles. The third-order valence-electron chi connectivity index (χ3n) is 4.73. The minimum Gasteiger partial charge on any atom is -0.497 e. The van der Waals surface area contributed by atoms with E-state index < -0.39 is 0 Å². The number of piperazine rings is 1. The Hall–Kier alpha value is -2.80. The van der Waals surface area contributed by atoms with Crippen LogP contribution in [0, 0.1) is 0 Å². The zero-order chi connectivity index (χ0) is 19.6. The highest BCUT2D eigenvalue weighted by Gasteiger charge is 2.21. The summed E-state index contributed by atoms with van der Waals surface area (Å²) < 4.78 is 10.8. The SMILES string of the molecule is COc1ccc(OCCNCCC(=O)N2CCN(c3ccccn3)CC2)cc1. The van der Waals surface area contributed by atoms with Crippen LogP contribution in [0.4, 0.5) is 5.82 Å². The second-order valence-electron chi connectivity index (χ2n) is 6.58. The number of pyridine rings is 1. The molecule has 0 unspecified atom stereocenters. The quantitative estimate of drug-likeness (QED) is 0.665. The fraction of sp³-hybridized carbons (Fsp3) is 0.429. The van der Waals surface area contributed by atoms with Crippen LogP contribution in [0.25, 0.3) is 0 Å². The van der Waals surface area contributed by atoms with Crippen LogP contribution in [-0.4, -0.2) is 68.8 Å². The van der Waals surface area contributed by atoms with Crippen molar-refractivity contribution in [3.05, 3.63) is 48.7 Å². The van der Waals surface area contributed by atoms with Gasteiger partial charge in [0.1, 0.15) is 23.9 Å². The summed E-state index contributed by atoms with van der Waals surface area (Å²) in [5.41, 5.74) is 0. The summed E-state index contributed by atoms with van der Waals surface area (Å²) >= 11 is 0. The minimum atomic E-state index is 0.198. The van der Waals surface area contributed by atoms with Gasteiger partial charge in [-0.25, -0.2) is 4.98 Å². The molecule has 1 amide bonds. The van der Waals surface area contributed by atoms with Crippen LogP contribution in [0.1, 0.15) is 6.42 Å². The number of amides is 1. The molecule has 150 valence electrons. The molecule has 0 aliphatic carbocycles. The van der Waals surface area contributed by atoms with Crippen molar-refractivity contribution in [3.8, 4) is 11.5 Å². The van der Waals surface area contributed by atoms with Gasteiger partial charge in [-0.15, -0.1) is 0 Å². The maximum absolute atomic E-state index is 12.4. The number of hydrogen-bond donors (Lipinski definition) is 1. The van der Waals surface area contributed by atoms with E-state index in [0.717, 1.165) is 43.5 Å². The number of hydrogen-bond acceptors (Lipinski definition) is 6. The van der Waals surface area contributed by atoms with Crippen molar-refractivity contribution in [3.63, 3.8) is 0 Å². The zero-order valence-electron chi connectivity index (χ0n) is 16.3. The van der Waals surface area contributed by atoms with E-state index in [1.54, 1.807) is 13.3 Å². The van der Waals surface area contributed by atoms with Crippen molar-refractivity contribution in [1.82, 2.24) is 15.2 Å². The number of nitrogens with zero attached hydrogens (tertiary/aromatic N) is 3. The Morgan fingerprint density at radius 1 is 1.04 bits per heavy atom. The lowest BCUT2D eigenvalue weighted by molar-refractivity contribution is -0.131. The van der Waals surface area contributed by atoms with E-state index in [-0.39, 0.29) is 5.91 Å². The van der Waals surface area contributed by atoms with E-state index in [9.17, 15) is 4.79 Å². The highest BCUT2D eigenvalue weighted by molar-refractivity contribution is 5.76. The van der Waals surface area contributed by atoms with Gasteiger partial charge in [0.25, 0.3) is 0 Å². The van der Waals surface area contributed by atoms with Gasteiger partial charge in [0.2, 0.25) is 5.91 Å². The molecule has 1 aromatic heterocycles. The highest BCUT2D eigenvalue weighted by Crippen LogP contribution is 2.16. The predicted octanol–water partition coefficient (Wildman–Crippen LogP) is 1.80. The number of carbonyl (C=O) groups excluding carboxylic acids is 1. The first kappa shape index (κ1) is 19.9. The van der Waals surface area contributed by atoms with Gasteiger partial charge in [0.05, 0.1) is 7.11 Å². The largest absolute Gasteiger partial charge is 0.497 e. The third-order valence-corrected chi connectivity index (χ3v) is 4.73. The van der Waals surface area contributed by atoms with Crippen LogP contribution < -0.4 is 19.7 Å². The fourth-order valence-electron chi connectivity index (χ4n) is 3.12. The molecule has 3 rings (SSSR count). The zero-order valence-corrected chi connectivity index (χ0v) is 16.3. The summed E-state index contributed by atoms with van der Waals surface area (Å²) in [5, 5.41) is 3.27. The van der Waals surface area contributed by atoms with Gasteiger partial charge in [-0.2, -0.15) is 0 Å². The Kier molecular flexibility index (Phi) is 7.49. The van der Waals surface area contributed by atoms with Crippen LogP contribution in [0.3, 0.4) is 0 Å². The Morgan fingerprint density at radius 2 is 1.79 bits per heavy atom. The van der Waals surface area contributed by atoms with Gasteiger partial charge in [-0.05, 0) is 36.4 Å². The topological polar surface area (TPSA) is 66.9 Å². The lowest BCUT2D eigenvalue weighted by Gasteiger charge is -2.35. The van der Waals surface area contributed by atoms with E-state index in [1.807, 2.05) is 47.4 Å². The number of ether oxygens (including phenoxy) is 2. The number of aromatic nitrogens is 1. The van der Waals surface area contributed by atoms with Gasteiger partial charge < -0.3 is 24.6 Å². The van der Waals surface area contributed by atoms with Crippen LogP contribution in [0.15, 0.2) is 48.7 Å². The molecule has 7 nitrogen and oxygen atoms in total. The maximum Gasteiger partial charge on any atom is 0.223 e. The van der Waals surface area contributed by atoms with Crippen molar-refractivity contribution < 1.29 is 14.3 Å². The molecular formula is C21H28N4O3. The first-order valence-corrected chi connectivity index (χ1v) is 9.67. The van der Waals surface area contributed by atoms with E-state index in [4.69, 9.17) is 9.47 Å². The van der Waals surface area contributed by atoms with Crippen LogP contribution >= 0.6 is 0 Å².